The zero-order valence-corrected chi connectivity index (χ0v) is 9.15. The van der Waals surface area contributed by atoms with Gasteiger partial charge in [-0.05, 0) is 36.6 Å². The molecular weight excluding hydrogens is 204 g/mol. The number of carbonyl (C=O) groups excluding carboxylic acids is 1. The summed E-state index contributed by atoms with van der Waals surface area (Å²) in [6.45, 7) is 3.94. The Hall–Kier alpha value is -2.10. The number of hydrogen-bond donors (Lipinski definition) is 1. The van der Waals surface area contributed by atoms with Gasteiger partial charge in [0.1, 0.15) is 0 Å². The quantitative estimate of drug-likeness (QED) is 0.782. The van der Waals surface area contributed by atoms with Crippen LogP contribution in [0.2, 0.25) is 0 Å². The maximum Gasteiger partial charge on any atom is 0.229 e. The number of nitrogens with zero attached hydrogens (tertiary/aromatic N) is 1. The van der Waals surface area contributed by atoms with Gasteiger partial charge in [-0.1, -0.05) is 11.2 Å². The van der Waals surface area contributed by atoms with E-state index in [1.807, 2.05) is 26.0 Å². The standard InChI is InChI=1S/C12H12N2O2/c1-7-3-9(6-15)10(4-8(7)2)11-5-14-16-12(11)13/h3-6H,13H2,1-2H3. The van der Waals surface area contributed by atoms with Crippen LogP contribution in [0.3, 0.4) is 0 Å². The first kappa shape index (κ1) is 10.4. The molecule has 2 aromatic rings. The minimum absolute atomic E-state index is 0.228. The zero-order chi connectivity index (χ0) is 11.7. The molecule has 0 saturated heterocycles. The molecule has 4 nitrogen and oxygen atoms in total. The number of benzene rings is 1. The summed E-state index contributed by atoms with van der Waals surface area (Å²) >= 11 is 0. The van der Waals surface area contributed by atoms with Crippen molar-refractivity contribution < 1.29 is 9.32 Å². The Labute approximate surface area is 93.1 Å². The predicted molar refractivity (Wildman–Crippen MR) is 61.2 cm³/mol. The Morgan fingerprint density at radius 3 is 2.50 bits per heavy atom. The molecular formula is C12H12N2O2. The average Bonchev–Trinajstić information content (AvgIpc) is 2.68. The van der Waals surface area contributed by atoms with E-state index in [0.29, 0.717) is 11.1 Å². The monoisotopic (exact) mass is 216 g/mol. The number of aryl methyl sites for hydroxylation is 2. The maximum atomic E-state index is 11.0. The molecule has 0 aliphatic heterocycles. The van der Waals surface area contributed by atoms with Crippen molar-refractivity contribution in [3.63, 3.8) is 0 Å². The Morgan fingerprint density at radius 2 is 1.94 bits per heavy atom. The second-order valence-electron chi connectivity index (χ2n) is 3.75. The van der Waals surface area contributed by atoms with Crippen molar-refractivity contribution in [3.8, 4) is 11.1 Å². The zero-order valence-electron chi connectivity index (χ0n) is 9.15. The van der Waals surface area contributed by atoms with Crippen molar-refractivity contribution in [1.82, 2.24) is 5.16 Å². The first-order valence-electron chi connectivity index (χ1n) is 4.90. The van der Waals surface area contributed by atoms with Crippen molar-refractivity contribution in [2.75, 3.05) is 5.73 Å². The highest BCUT2D eigenvalue weighted by Gasteiger charge is 2.12. The Kier molecular flexibility index (Phi) is 2.48. The summed E-state index contributed by atoms with van der Waals surface area (Å²) in [6.07, 6.45) is 2.33. The fourth-order valence-corrected chi connectivity index (χ4v) is 1.62. The summed E-state index contributed by atoms with van der Waals surface area (Å²) < 4.78 is 4.80. The van der Waals surface area contributed by atoms with Gasteiger partial charge in [-0.15, -0.1) is 0 Å². The lowest BCUT2D eigenvalue weighted by atomic mass is 9.97. The van der Waals surface area contributed by atoms with Gasteiger partial charge in [0.25, 0.3) is 0 Å². The first-order valence-corrected chi connectivity index (χ1v) is 4.90. The van der Waals surface area contributed by atoms with Gasteiger partial charge in [-0.3, -0.25) is 4.79 Å². The molecule has 0 fully saturated rings. The van der Waals surface area contributed by atoms with Crippen molar-refractivity contribution in [1.29, 1.82) is 0 Å². The average molecular weight is 216 g/mol. The fourth-order valence-electron chi connectivity index (χ4n) is 1.62. The highest BCUT2D eigenvalue weighted by molar-refractivity contribution is 5.90. The van der Waals surface area contributed by atoms with Crippen LogP contribution in [0.4, 0.5) is 5.88 Å². The lowest BCUT2D eigenvalue weighted by Gasteiger charge is -2.07. The molecule has 4 heteroatoms. The molecule has 2 N–H and O–H groups in total. The minimum atomic E-state index is 0.228. The van der Waals surface area contributed by atoms with E-state index >= 15 is 0 Å². The fraction of sp³-hybridized carbons (Fsp3) is 0.167. The van der Waals surface area contributed by atoms with E-state index in [1.54, 1.807) is 0 Å². The molecule has 0 atom stereocenters. The number of hydrogen-bond acceptors (Lipinski definition) is 4. The van der Waals surface area contributed by atoms with Crippen LogP contribution in [0.15, 0.2) is 22.9 Å². The molecule has 0 unspecified atom stereocenters. The highest BCUT2D eigenvalue weighted by Crippen LogP contribution is 2.29. The number of anilines is 1. The SMILES string of the molecule is Cc1cc(C=O)c(-c2cnoc2N)cc1C. The van der Waals surface area contributed by atoms with Gasteiger partial charge in [0, 0.05) is 5.56 Å². The second kappa shape index (κ2) is 3.81. The van der Waals surface area contributed by atoms with E-state index in [2.05, 4.69) is 5.16 Å². The smallest absolute Gasteiger partial charge is 0.229 e. The summed E-state index contributed by atoms with van der Waals surface area (Å²) in [5, 5.41) is 3.61. The summed E-state index contributed by atoms with van der Waals surface area (Å²) in [5.74, 6) is 0.228. The number of nitrogen functional groups attached to an aromatic ring is 1. The molecule has 1 aromatic carbocycles. The molecule has 0 aliphatic carbocycles. The Balaban J connectivity index is 2.69. The molecule has 1 heterocycles. The molecule has 0 radical (unpaired) electrons. The summed E-state index contributed by atoms with van der Waals surface area (Å²) in [4.78, 5) is 11.0. The van der Waals surface area contributed by atoms with Crippen molar-refractivity contribution >= 4 is 12.2 Å². The molecule has 0 spiro atoms. The van der Waals surface area contributed by atoms with Gasteiger partial charge in [0.05, 0.1) is 11.8 Å². The van der Waals surface area contributed by atoms with E-state index in [0.717, 1.165) is 23.0 Å². The van der Waals surface area contributed by atoms with Crippen molar-refractivity contribution in [2.45, 2.75) is 13.8 Å². The second-order valence-corrected chi connectivity index (χ2v) is 3.75. The molecule has 16 heavy (non-hydrogen) atoms. The molecule has 0 bridgehead atoms. The minimum Gasteiger partial charge on any atom is -0.367 e. The molecule has 82 valence electrons. The number of aldehydes is 1. The van der Waals surface area contributed by atoms with Crippen LogP contribution in [-0.4, -0.2) is 11.4 Å². The van der Waals surface area contributed by atoms with Gasteiger partial charge in [-0.2, -0.15) is 0 Å². The molecule has 0 saturated carbocycles. The van der Waals surface area contributed by atoms with Crippen LogP contribution in [-0.2, 0) is 0 Å². The van der Waals surface area contributed by atoms with Gasteiger partial charge in [0.2, 0.25) is 5.88 Å². The predicted octanol–water partition coefficient (Wildman–Crippen LogP) is 2.35. The normalized spacial score (nSPS) is 10.4. The van der Waals surface area contributed by atoms with Crippen LogP contribution in [0, 0.1) is 13.8 Å². The van der Waals surface area contributed by atoms with Crippen LogP contribution < -0.4 is 5.73 Å². The van der Waals surface area contributed by atoms with E-state index in [-0.39, 0.29) is 5.88 Å². The molecule has 0 aliphatic rings. The van der Waals surface area contributed by atoms with Gasteiger partial charge in [0.15, 0.2) is 6.29 Å². The van der Waals surface area contributed by atoms with E-state index in [1.165, 1.54) is 6.20 Å². The molecule has 0 amide bonds. The van der Waals surface area contributed by atoms with Crippen LogP contribution in [0.5, 0.6) is 0 Å². The highest BCUT2D eigenvalue weighted by atomic mass is 16.5. The third kappa shape index (κ3) is 1.58. The van der Waals surface area contributed by atoms with E-state index in [9.17, 15) is 4.79 Å². The van der Waals surface area contributed by atoms with Crippen LogP contribution in [0.25, 0.3) is 11.1 Å². The Bertz CT molecular complexity index is 544. The lowest BCUT2D eigenvalue weighted by molar-refractivity contribution is 0.112. The van der Waals surface area contributed by atoms with Gasteiger partial charge in [-0.25, -0.2) is 0 Å². The van der Waals surface area contributed by atoms with Crippen LogP contribution in [0.1, 0.15) is 21.5 Å². The third-order valence-corrected chi connectivity index (χ3v) is 2.68. The number of aromatic nitrogens is 1. The lowest BCUT2D eigenvalue weighted by Crippen LogP contribution is -1.93. The Morgan fingerprint density at radius 1 is 1.25 bits per heavy atom. The summed E-state index contributed by atoms with van der Waals surface area (Å²) in [7, 11) is 0. The van der Waals surface area contributed by atoms with Crippen molar-refractivity contribution in [3.05, 3.63) is 35.0 Å². The van der Waals surface area contributed by atoms with Crippen molar-refractivity contribution in [2.24, 2.45) is 0 Å². The molecule has 1 aromatic heterocycles. The van der Waals surface area contributed by atoms with Crippen LogP contribution >= 0.6 is 0 Å². The first-order chi connectivity index (χ1) is 7.63. The van der Waals surface area contributed by atoms with Gasteiger partial charge >= 0.3 is 0 Å². The number of nitrogens with two attached hydrogens (primary N) is 1. The van der Waals surface area contributed by atoms with Gasteiger partial charge < -0.3 is 10.3 Å². The topological polar surface area (TPSA) is 69.1 Å². The van der Waals surface area contributed by atoms with E-state index < -0.39 is 0 Å². The molecule has 2 rings (SSSR count). The number of carbonyl (C=O) groups is 1. The largest absolute Gasteiger partial charge is 0.367 e. The maximum absolute atomic E-state index is 11.0. The summed E-state index contributed by atoms with van der Waals surface area (Å²) in [6, 6.07) is 3.76. The third-order valence-electron chi connectivity index (χ3n) is 2.68. The number of rotatable bonds is 2. The summed E-state index contributed by atoms with van der Waals surface area (Å²) in [5.41, 5.74) is 9.82. The van der Waals surface area contributed by atoms with E-state index in [4.69, 9.17) is 10.3 Å².